The molecule has 0 aromatic heterocycles. The number of benzene rings is 1. The molecular weight excluding hydrogens is 268 g/mol. The number of likely N-dealkylation sites (tertiary alicyclic amines) is 1. The Hall–Kier alpha value is -1.69. The van der Waals surface area contributed by atoms with Gasteiger partial charge in [0.1, 0.15) is 5.75 Å². The first kappa shape index (κ1) is 14.7. The van der Waals surface area contributed by atoms with Gasteiger partial charge in [0.2, 0.25) is 0 Å². The molecule has 0 radical (unpaired) electrons. The number of hydrogen-bond acceptors (Lipinski definition) is 4. The van der Waals surface area contributed by atoms with Crippen molar-refractivity contribution in [3.63, 3.8) is 0 Å². The van der Waals surface area contributed by atoms with Gasteiger partial charge in [0.05, 0.1) is 13.0 Å². The number of carbonyl (C=O) groups is 1. The van der Waals surface area contributed by atoms with E-state index in [2.05, 4.69) is 9.64 Å². The molecule has 2 rings (SSSR count). The quantitative estimate of drug-likeness (QED) is 0.794. The van der Waals surface area contributed by atoms with Gasteiger partial charge < -0.3 is 14.4 Å². The number of alkyl halides is 2. The normalized spacial score (nSPS) is 23.1. The van der Waals surface area contributed by atoms with Crippen LogP contribution in [0.1, 0.15) is 11.5 Å². The van der Waals surface area contributed by atoms with Crippen LogP contribution in [0, 0.1) is 5.92 Å². The number of hydrogen-bond donors (Lipinski definition) is 0. The summed E-state index contributed by atoms with van der Waals surface area (Å²) in [5, 5.41) is 0. The summed E-state index contributed by atoms with van der Waals surface area (Å²) in [6.45, 7) is -1.47. The van der Waals surface area contributed by atoms with E-state index >= 15 is 0 Å². The SMILES string of the molecule is COC(=O)C1CN(C)CC1c1ccc(OC(F)F)cc1. The molecule has 0 saturated carbocycles. The number of rotatable bonds is 4. The molecule has 0 aliphatic carbocycles. The van der Waals surface area contributed by atoms with Gasteiger partial charge in [0.25, 0.3) is 0 Å². The Morgan fingerprint density at radius 2 is 1.95 bits per heavy atom. The third kappa shape index (κ3) is 3.25. The molecule has 1 aliphatic heterocycles. The molecule has 4 nitrogen and oxygen atoms in total. The van der Waals surface area contributed by atoms with E-state index in [0.717, 1.165) is 12.1 Å². The largest absolute Gasteiger partial charge is 0.469 e. The Balaban J connectivity index is 2.15. The van der Waals surface area contributed by atoms with Crippen molar-refractivity contribution in [2.24, 2.45) is 5.92 Å². The predicted molar refractivity (Wildman–Crippen MR) is 68.8 cm³/mol. The lowest BCUT2D eigenvalue weighted by molar-refractivity contribution is -0.145. The standard InChI is InChI=1S/C14H17F2NO3/c1-17-7-11(12(8-17)13(18)19-2)9-3-5-10(6-4-9)20-14(15)16/h3-6,11-12,14H,7-8H2,1-2H3. The first-order chi connectivity index (χ1) is 9.51. The fourth-order valence-corrected chi connectivity index (χ4v) is 2.62. The minimum Gasteiger partial charge on any atom is -0.469 e. The Kier molecular flexibility index (Phi) is 4.54. The summed E-state index contributed by atoms with van der Waals surface area (Å²) < 4.78 is 33.3. The van der Waals surface area contributed by atoms with E-state index in [0.29, 0.717) is 6.54 Å². The van der Waals surface area contributed by atoms with Gasteiger partial charge in [-0.15, -0.1) is 0 Å². The average Bonchev–Trinajstić information content (AvgIpc) is 2.80. The maximum Gasteiger partial charge on any atom is 0.387 e. The minimum absolute atomic E-state index is 0.00745. The van der Waals surface area contributed by atoms with E-state index < -0.39 is 6.61 Å². The van der Waals surface area contributed by atoms with Gasteiger partial charge in [-0.25, -0.2) is 0 Å². The van der Waals surface area contributed by atoms with E-state index in [9.17, 15) is 13.6 Å². The second kappa shape index (κ2) is 6.17. The van der Waals surface area contributed by atoms with E-state index in [1.54, 1.807) is 12.1 Å². The Morgan fingerprint density at radius 3 is 2.50 bits per heavy atom. The number of ether oxygens (including phenoxy) is 2. The average molecular weight is 285 g/mol. The molecule has 2 atom stereocenters. The van der Waals surface area contributed by atoms with Crippen molar-refractivity contribution in [1.29, 1.82) is 0 Å². The number of nitrogens with zero attached hydrogens (tertiary/aromatic N) is 1. The highest BCUT2D eigenvalue weighted by Gasteiger charge is 2.37. The third-order valence-corrected chi connectivity index (χ3v) is 3.54. The molecule has 0 bridgehead atoms. The molecule has 0 spiro atoms. The summed E-state index contributed by atoms with van der Waals surface area (Å²) in [6.07, 6.45) is 0. The van der Waals surface area contributed by atoms with Crippen molar-refractivity contribution in [3.05, 3.63) is 29.8 Å². The summed E-state index contributed by atoms with van der Waals surface area (Å²) in [7, 11) is 3.31. The highest BCUT2D eigenvalue weighted by atomic mass is 19.3. The van der Waals surface area contributed by atoms with E-state index in [4.69, 9.17) is 4.74 Å². The highest BCUT2D eigenvalue weighted by Crippen LogP contribution is 2.33. The zero-order chi connectivity index (χ0) is 14.7. The maximum atomic E-state index is 12.1. The molecule has 0 amide bonds. The van der Waals surface area contributed by atoms with E-state index in [1.807, 2.05) is 7.05 Å². The lowest BCUT2D eigenvalue weighted by Gasteiger charge is -2.17. The summed E-state index contributed by atoms with van der Waals surface area (Å²) in [6, 6.07) is 6.43. The zero-order valence-electron chi connectivity index (χ0n) is 11.4. The summed E-state index contributed by atoms with van der Waals surface area (Å²) in [5.41, 5.74) is 0.923. The molecule has 1 fully saturated rings. The molecule has 0 N–H and O–H groups in total. The van der Waals surface area contributed by atoms with E-state index in [-0.39, 0.29) is 23.6 Å². The predicted octanol–water partition coefficient (Wildman–Crippen LogP) is 2.11. The molecule has 20 heavy (non-hydrogen) atoms. The van der Waals surface area contributed by atoms with Crippen molar-refractivity contribution in [3.8, 4) is 5.75 Å². The second-order valence-electron chi connectivity index (χ2n) is 4.90. The van der Waals surface area contributed by atoms with Gasteiger partial charge in [-0.2, -0.15) is 8.78 Å². The maximum absolute atomic E-state index is 12.1. The van der Waals surface area contributed by atoms with Crippen molar-refractivity contribution >= 4 is 5.97 Å². The molecule has 110 valence electrons. The van der Waals surface area contributed by atoms with E-state index in [1.165, 1.54) is 19.2 Å². The molecule has 2 unspecified atom stereocenters. The third-order valence-electron chi connectivity index (χ3n) is 3.54. The van der Waals surface area contributed by atoms with Gasteiger partial charge in [-0.3, -0.25) is 4.79 Å². The van der Waals surface area contributed by atoms with Crippen LogP contribution in [0.25, 0.3) is 0 Å². The number of esters is 1. The van der Waals surface area contributed by atoms with Crippen LogP contribution in [0.3, 0.4) is 0 Å². The van der Waals surface area contributed by atoms with Crippen molar-refractivity contribution < 1.29 is 23.0 Å². The molecule has 6 heteroatoms. The van der Waals surface area contributed by atoms with Crippen LogP contribution in [-0.4, -0.2) is 44.7 Å². The molecule has 1 heterocycles. The number of carbonyl (C=O) groups excluding carboxylic acids is 1. The fourth-order valence-electron chi connectivity index (χ4n) is 2.62. The minimum atomic E-state index is -2.83. The monoisotopic (exact) mass is 285 g/mol. The Bertz CT molecular complexity index is 464. The fraction of sp³-hybridized carbons (Fsp3) is 0.500. The van der Waals surface area contributed by atoms with Crippen molar-refractivity contribution in [1.82, 2.24) is 4.90 Å². The van der Waals surface area contributed by atoms with Crippen LogP contribution >= 0.6 is 0 Å². The van der Waals surface area contributed by atoms with Crippen LogP contribution in [0.5, 0.6) is 5.75 Å². The number of likely N-dealkylation sites (N-methyl/N-ethyl adjacent to an activating group) is 1. The summed E-state index contributed by atoms with van der Waals surface area (Å²) in [4.78, 5) is 13.8. The van der Waals surface area contributed by atoms with Crippen molar-refractivity contribution in [2.75, 3.05) is 27.2 Å². The summed E-state index contributed by atoms with van der Waals surface area (Å²) in [5.74, 6) is -0.350. The van der Waals surface area contributed by atoms with Gasteiger partial charge in [-0.1, -0.05) is 12.1 Å². The second-order valence-corrected chi connectivity index (χ2v) is 4.90. The molecule has 1 aromatic rings. The van der Waals surface area contributed by atoms with Crippen molar-refractivity contribution in [2.45, 2.75) is 12.5 Å². The topological polar surface area (TPSA) is 38.8 Å². The van der Waals surface area contributed by atoms with Gasteiger partial charge in [0.15, 0.2) is 0 Å². The van der Waals surface area contributed by atoms with Crippen LogP contribution in [0.15, 0.2) is 24.3 Å². The molecule has 1 saturated heterocycles. The highest BCUT2D eigenvalue weighted by molar-refractivity contribution is 5.74. The van der Waals surface area contributed by atoms with Crippen LogP contribution in [0.2, 0.25) is 0 Å². The van der Waals surface area contributed by atoms with Gasteiger partial charge in [0, 0.05) is 19.0 Å². The number of halogens is 2. The Morgan fingerprint density at radius 1 is 1.30 bits per heavy atom. The number of methoxy groups -OCH3 is 1. The molecule has 1 aromatic carbocycles. The lowest BCUT2D eigenvalue weighted by Crippen LogP contribution is -2.23. The summed E-state index contributed by atoms with van der Waals surface area (Å²) >= 11 is 0. The zero-order valence-corrected chi connectivity index (χ0v) is 11.4. The first-order valence-corrected chi connectivity index (χ1v) is 6.32. The molecule has 1 aliphatic rings. The smallest absolute Gasteiger partial charge is 0.387 e. The van der Waals surface area contributed by atoms with Gasteiger partial charge in [-0.05, 0) is 24.7 Å². The Labute approximate surface area is 116 Å². The first-order valence-electron chi connectivity index (χ1n) is 6.32. The van der Waals surface area contributed by atoms with Crippen LogP contribution in [-0.2, 0) is 9.53 Å². The molecular formula is C14H17F2NO3. The van der Waals surface area contributed by atoms with Gasteiger partial charge >= 0.3 is 12.6 Å². The lowest BCUT2D eigenvalue weighted by atomic mass is 9.89. The van der Waals surface area contributed by atoms with Crippen LogP contribution in [0.4, 0.5) is 8.78 Å². The van der Waals surface area contributed by atoms with Crippen LogP contribution < -0.4 is 4.74 Å².